The molecule has 1 aliphatic heterocycles. The lowest BCUT2D eigenvalue weighted by atomic mass is 9.99. The van der Waals surface area contributed by atoms with Crippen LogP contribution in [0.3, 0.4) is 0 Å². The second-order valence-electron chi connectivity index (χ2n) is 7.59. The molecule has 4 nitrogen and oxygen atoms in total. The largest absolute Gasteiger partial charge is 0.497 e. The monoisotopic (exact) mass is 407 g/mol. The van der Waals surface area contributed by atoms with Gasteiger partial charge in [-0.3, -0.25) is 4.90 Å². The zero-order chi connectivity index (χ0) is 20.9. The molecule has 0 bridgehead atoms. The van der Waals surface area contributed by atoms with E-state index in [0.717, 1.165) is 22.4 Å². The van der Waals surface area contributed by atoms with Crippen molar-refractivity contribution in [2.45, 2.75) is 25.6 Å². The molecule has 1 heterocycles. The number of nitrogens with zero attached hydrogens (tertiary/aromatic N) is 1. The van der Waals surface area contributed by atoms with Gasteiger partial charge in [0.1, 0.15) is 23.9 Å². The van der Waals surface area contributed by atoms with Gasteiger partial charge in [-0.05, 0) is 41.5 Å². The summed E-state index contributed by atoms with van der Waals surface area (Å²) in [7, 11) is 1.58. The van der Waals surface area contributed by atoms with Crippen molar-refractivity contribution in [3.8, 4) is 11.5 Å². The molecule has 0 fully saturated rings. The standard InChI is InChI=1S/C25H26FNO3/c1-29-22-8-9-23(26)20(15-22)16-27-11-12-30-25-10-7-19(14-21(25)17-27)24(28)13-18-5-3-2-4-6-18/h2-10,14-15,24,28H,11-13,16-17H2,1H3/t24-/m0/s1. The summed E-state index contributed by atoms with van der Waals surface area (Å²) in [5.41, 5.74) is 3.54. The van der Waals surface area contributed by atoms with Gasteiger partial charge in [0.05, 0.1) is 13.2 Å². The lowest BCUT2D eigenvalue weighted by Gasteiger charge is -2.20. The summed E-state index contributed by atoms with van der Waals surface area (Å²) in [6.07, 6.45) is -0.0376. The molecule has 0 spiro atoms. The smallest absolute Gasteiger partial charge is 0.127 e. The molecule has 5 heteroatoms. The van der Waals surface area contributed by atoms with Gasteiger partial charge in [-0.2, -0.15) is 0 Å². The van der Waals surface area contributed by atoms with E-state index in [9.17, 15) is 9.50 Å². The van der Waals surface area contributed by atoms with E-state index < -0.39 is 6.10 Å². The van der Waals surface area contributed by atoms with Gasteiger partial charge in [-0.1, -0.05) is 36.4 Å². The number of benzene rings is 3. The van der Waals surface area contributed by atoms with Crippen molar-refractivity contribution in [1.82, 2.24) is 4.90 Å². The van der Waals surface area contributed by atoms with E-state index in [2.05, 4.69) is 4.90 Å². The average molecular weight is 407 g/mol. The Bertz CT molecular complexity index is 993. The third-order valence-electron chi connectivity index (χ3n) is 5.45. The molecule has 156 valence electrons. The van der Waals surface area contributed by atoms with Crippen LogP contribution in [0.15, 0.2) is 66.7 Å². The number of halogens is 1. The maximum absolute atomic E-state index is 14.3. The van der Waals surface area contributed by atoms with Gasteiger partial charge in [0, 0.05) is 37.2 Å². The Balaban J connectivity index is 1.51. The number of hydrogen-bond acceptors (Lipinski definition) is 4. The number of aliphatic hydroxyl groups excluding tert-OH is 1. The second-order valence-corrected chi connectivity index (χ2v) is 7.59. The number of ether oxygens (including phenoxy) is 2. The Kier molecular flexibility index (Phi) is 6.31. The molecule has 4 rings (SSSR count). The second kappa shape index (κ2) is 9.28. The molecule has 3 aromatic carbocycles. The zero-order valence-corrected chi connectivity index (χ0v) is 17.1. The van der Waals surface area contributed by atoms with Gasteiger partial charge in [0.25, 0.3) is 0 Å². The minimum Gasteiger partial charge on any atom is -0.497 e. The van der Waals surface area contributed by atoms with Crippen LogP contribution in [0.1, 0.15) is 28.4 Å². The van der Waals surface area contributed by atoms with Crippen LogP contribution in [-0.2, 0) is 19.5 Å². The first-order chi connectivity index (χ1) is 14.6. The van der Waals surface area contributed by atoms with E-state index in [1.54, 1.807) is 19.2 Å². The molecular formula is C25H26FNO3. The minimum absolute atomic E-state index is 0.242. The predicted molar refractivity (Wildman–Crippen MR) is 114 cm³/mol. The van der Waals surface area contributed by atoms with E-state index >= 15 is 0 Å². The number of hydrogen-bond donors (Lipinski definition) is 1. The Morgan fingerprint density at radius 2 is 1.93 bits per heavy atom. The highest BCUT2D eigenvalue weighted by molar-refractivity contribution is 5.39. The molecule has 0 saturated carbocycles. The highest BCUT2D eigenvalue weighted by Crippen LogP contribution is 2.29. The van der Waals surface area contributed by atoms with Crippen LogP contribution >= 0.6 is 0 Å². The highest BCUT2D eigenvalue weighted by Gasteiger charge is 2.19. The first-order valence-electron chi connectivity index (χ1n) is 10.1. The molecule has 1 aliphatic rings. The fourth-order valence-corrected chi connectivity index (χ4v) is 3.81. The lowest BCUT2D eigenvalue weighted by Crippen LogP contribution is -2.25. The Morgan fingerprint density at radius 1 is 1.10 bits per heavy atom. The zero-order valence-electron chi connectivity index (χ0n) is 17.1. The number of methoxy groups -OCH3 is 1. The number of aliphatic hydroxyl groups is 1. The molecule has 0 saturated heterocycles. The summed E-state index contributed by atoms with van der Waals surface area (Å²) in [6.45, 7) is 2.30. The van der Waals surface area contributed by atoms with E-state index in [-0.39, 0.29) is 5.82 Å². The summed E-state index contributed by atoms with van der Waals surface area (Å²) in [5, 5.41) is 10.7. The van der Waals surface area contributed by atoms with E-state index in [0.29, 0.717) is 44.0 Å². The van der Waals surface area contributed by atoms with E-state index in [1.807, 2.05) is 48.5 Å². The average Bonchev–Trinajstić information content (AvgIpc) is 2.97. The summed E-state index contributed by atoms with van der Waals surface area (Å²) in [6, 6.07) is 20.6. The fraction of sp³-hybridized carbons (Fsp3) is 0.280. The summed E-state index contributed by atoms with van der Waals surface area (Å²) in [5.74, 6) is 1.22. The van der Waals surface area contributed by atoms with Crippen LogP contribution in [-0.4, -0.2) is 30.3 Å². The molecule has 0 aliphatic carbocycles. The van der Waals surface area contributed by atoms with Crippen LogP contribution in [0, 0.1) is 5.82 Å². The molecular weight excluding hydrogens is 381 g/mol. The van der Waals surface area contributed by atoms with E-state index in [1.165, 1.54) is 6.07 Å². The molecule has 3 aromatic rings. The minimum atomic E-state index is -0.592. The van der Waals surface area contributed by atoms with Gasteiger partial charge < -0.3 is 14.6 Å². The summed E-state index contributed by atoms with van der Waals surface area (Å²) >= 11 is 0. The fourth-order valence-electron chi connectivity index (χ4n) is 3.81. The maximum Gasteiger partial charge on any atom is 0.127 e. The van der Waals surface area contributed by atoms with Gasteiger partial charge in [0.15, 0.2) is 0 Å². The van der Waals surface area contributed by atoms with Crippen molar-refractivity contribution in [2.24, 2.45) is 0 Å². The van der Waals surface area contributed by atoms with Crippen LogP contribution in [0.25, 0.3) is 0 Å². The van der Waals surface area contributed by atoms with Gasteiger partial charge in [0.2, 0.25) is 0 Å². The van der Waals surface area contributed by atoms with Crippen molar-refractivity contribution < 1.29 is 19.0 Å². The van der Waals surface area contributed by atoms with Crippen molar-refractivity contribution >= 4 is 0 Å². The predicted octanol–water partition coefficient (Wildman–Crippen LogP) is 4.51. The molecule has 0 radical (unpaired) electrons. The van der Waals surface area contributed by atoms with Crippen molar-refractivity contribution in [3.63, 3.8) is 0 Å². The van der Waals surface area contributed by atoms with Crippen LogP contribution in [0.2, 0.25) is 0 Å². The first kappa shape index (κ1) is 20.4. The molecule has 1 atom stereocenters. The maximum atomic E-state index is 14.3. The number of fused-ring (bicyclic) bond motifs is 1. The van der Waals surface area contributed by atoms with Crippen molar-refractivity contribution in [1.29, 1.82) is 0 Å². The van der Waals surface area contributed by atoms with Gasteiger partial charge in [-0.15, -0.1) is 0 Å². The molecule has 1 N–H and O–H groups in total. The quantitative estimate of drug-likeness (QED) is 0.653. The van der Waals surface area contributed by atoms with E-state index in [4.69, 9.17) is 9.47 Å². The van der Waals surface area contributed by atoms with Gasteiger partial charge >= 0.3 is 0 Å². The molecule has 0 amide bonds. The van der Waals surface area contributed by atoms with Crippen molar-refractivity contribution in [3.05, 3.63) is 94.8 Å². The summed E-state index contributed by atoms with van der Waals surface area (Å²) < 4.78 is 25.4. The Labute approximate surface area is 176 Å². The number of rotatable bonds is 6. The Morgan fingerprint density at radius 3 is 2.73 bits per heavy atom. The normalized spacial score (nSPS) is 15.0. The van der Waals surface area contributed by atoms with Crippen LogP contribution in [0.5, 0.6) is 11.5 Å². The first-order valence-corrected chi connectivity index (χ1v) is 10.1. The van der Waals surface area contributed by atoms with Crippen molar-refractivity contribution in [2.75, 3.05) is 20.3 Å². The topological polar surface area (TPSA) is 41.9 Å². The van der Waals surface area contributed by atoms with Crippen LogP contribution in [0.4, 0.5) is 4.39 Å². The molecule has 0 aromatic heterocycles. The van der Waals surface area contributed by atoms with Gasteiger partial charge in [-0.25, -0.2) is 4.39 Å². The molecule has 0 unspecified atom stereocenters. The lowest BCUT2D eigenvalue weighted by molar-refractivity contribution is 0.178. The van der Waals surface area contributed by atoms with Crippen LogP contribution < -0.4 is 9.47 Å². The molecule has 30 heavy (non-hydrogen) atoms. The Hall–Kier alpha value is -2.89. The third kappa shape index (κ3) is 4.81. The SMILES string of the molecule is COc1ccc(F)c(CN2CCOc3ccc([C@@H](O)Cc4ccccc4)cc3C2)c1. The highest BCUT2D eigenvalue weighted by atomic mass is 19.1. The summed E-state index contributed by atoms with van der Waals surface area (Å²) in [4.78, 5) is 2.15. The third-order valence-corrected chi connectivity index (χ3v) is 5.45.